The van der Waals surface area contributed by atoms with E-state index in [0.29, 0.717) is 17.1 Å². The number of benzene rings is 3. The van der Waals surface area contributed by atoms with Crippen molar-refractivity contribution in [2.45, 2.75) is 4.90 Å². The number of methoxy groups -OCH3 is 1. The van der Waals surface area contributed by atoms with Gasteiger partial charge in [-0.15, -0.1) is 6.58 Å². The molecule has 0 N–H and O–H groups in total. The van der Waals surface area contributed by atoms with Crippen molar-refractivity contribution in [2.24, 2.45) is 0 Å². The van der Waals surface area contributed by atoms with Gasteiger partial charge in [0.05, 0.1) is 34.8 Å². The van der Waals surface area contributed by atoms with Crippen LogP contribution in [0.3, 0.4) is 0 Å². The Bertz CT molecular complexity index is 1230. The Morgan fingerprint density at radius 3 is 2.38 bits per heavy atom. The molecule has 0 radical (unpaired) electrons. The van der Waals surface area contributed by atoms with E-state index in [2.05, 4.69) is 6.58 Å². The molecule has 0 spiro atoms. The van der Waals surface area contributed by atoms with Gasteiger partial charge in [-0.1, -0.05) is 48.0 Å². The molecule has 3 aromatic rings. The molecule has 6 nitrogen and oxygen atoms in total. The highest BCUT2D eigenvalue weighted by molar-refractivity contribution is 7.92. The molecule has 0 saturated carbocycles. The second-order valence-electron chi connectivity index (χ2n) is 6.84. The van der Waals surface area contributed by atoms with Gasteiger partial charge in [-0.2, -0.15) is 0 Å². The van der Waals surface area contributed by atoms with Gasteiger partial charge in [-0.25, -0.2) is 8.42 Å². The van der Waals surface area contributed by atoms with E-state index in [4.69, 9.17) is 16.3 Å². The number of carbonyl (C=O) groups excluding carboxylic acids is 1. The van der Waals surface area contributed by atoms with Crippen LogP contribution in [-0.2, 0) is 10.0 Å². The molecule has 8 heteroatoms. The monoisotopic (exact) mass is 470 g/mol. The molecule has 0 saturated heterocycles. The summed E-state index contributed by atoms with van der Waals surface area (Å²) in [6, 6.07) is 19.9. The molecule has 3 aromatic carbocycles. The number of halogens is 1. The second kappa shape index (κ2) is 9.89. The molecule has 0 aliphatic carbocycles. The van der Waals surface area contributed by atoms with Crippen molar-refractivity contribution in [3.8, 4) is 5.75 Å². The van der Waals surface area contributed by atoms with E-state index in [1.807, 2.05) is 18.2 Å². The van der Waals surface area contributed by atoms with Crippen molar-refractivity contribution < 1.29 is 17.9 Å². The number of ether oxygens (including phenoxy) is 1. The molecular weight excluding hydrogens is 448 g/mol. The molecule has 32 heavy (non-hydrogen) atoms. The van der Waals surface area contributed by atoms with Crippen LogP contribution in [-0.4, -0.2) is 35.0 Å². The summed E-state index contributed by atoms with van der Waals surface area (Å²) in [5.41, 5.74) is 1.10. The van der Waals surface area contributed by atoms with E-state index in [1.165, 1.54) is 40.6 Å². The summed E-state index contributed by atoms with van der Waals surface area (Å²) in [5, 5.41) is 0.157. The molecule has 0 unspecified atom stereocenters. The molecular formula is C24H23ClN2O4S. The Labute approximate surface area is 193 Å². The number of carbonyl (C=O) groups is 1. The molecule has 0 fully saturated rings. The number of para-hydroxylation sites is 3. The van der Waals surface area contributed by atoms with E-state index >= 15 is 0 Å². The number of anilines is 2. The maximum atomic E-state index is 13.6. The van der Waals surface area contributed by atoms with Gasteiger partial charge in [0.25, 0.3) is 15.9 Å². The highest BCUT2D eigenvalue weighted by Crippen LogP contribution is 2.33. The topological polar surface area (TPSA) is 66.9 Å². The lowest BCUT2D eigenvalue weighted by Gasteiger charge is -2.25. The zero-order valence-corrected chi connectivity index (χ0v) is 19.3. The SMILES string of the molecule is C=CCN(c1ccccc1OC)S(=O)(=O)c1ccc(Cl)c(C(=O)N(C)c2ccccc2)c1. The Morgan fingerprint density at radius 1 is 1.06 bits per heavy atom. The quantitative estimate of drug-likeness (QED) is 0.434. The van der Waals surface area contributed by atoms with Crippen molar-refractivity contribution in [1.29, 1.82) is 0 Å². The predicted molar refractivity (Wildman–Crippen MR) is 128 cm³/mol. The number of hydrogen-bond acceptors (Lipinski definition) is 4. The normalized spacial score (nSPS) is 11.0. The van der Waals surface area contributed by atoms with Gasteiger partial charge < -0.3 is 9.64 Å². The van der Waals surface area contributed by atoms with E-state index < -0.39 is 15.9 Å². The molecule has 0 bridgehead atoms. The second-order valence-corrected chi connectivity index (χ2v) is 9.11. The average Bonchev–Trinajstić information content (AvgIpc) is 2.82. The first-order valence-electron chi connectivity index (χ1n) is 9.70. The van der Waals surface area contributed by atoms with Crippen LogP contribution in [0.1, 0.15) is 10.4 Å². The van der Waals surface area contributed by atoms with E-state index in [0.717, 1.165) is 0 Å². The van der Waals surface area contributed by atoms with Crippen LogP contribution in [0.2, 0.25) is 5.02 Å². The lowest BCUT2D eigenvalue weighted by molar-refractivity contribution is 0.0993. The van der Waals surface area contributed by atoms with Crippen molar-refractivity contribution in [2.75, 3.05) is 29.9 Å². The number of rotatable bonds is 8. The predicted octanol–water partition coefficient (Wildman–Crippen LogP) is 5.01. The molecule has 3 rings (SSSR count). The van der Waals surface area contributed by atoms with Crippen molar-refractivity contribution in [3.63, 3.8) is 0 Å². The lowest BCUT2D eigenvalue weighted by Crippen LogP contribution is -2.32. The Morgan fingerprint density at radius 2 is 1.72 bits per heavy atom. The van der Waals surface area contributed by atoms with Crippen LogP contribution >= 0.6 is 11.6 Å². The number of hydrogen-bond donors (Lipinski definition) is 0. The molecule has 0 aliphatic heterocycles. The molecule has 0 aliphatic rings. The van der Waals surface area contributed by atoms with Crippen LogP contribution in [0, 0.1) is 0 Å². The first-order valence-corrected chi connectivity index (χ1v) is 11.5. The molecule has 166 valence electrons. The Balaban J connectivity index is 2.06. The summed E-state index contributed by atoms with van der Waals surface area (Å²) >= 11 is 6.29. The summed E-state index contributed by atoms with van der Waals surface area (Å²) < 4.78 is 33.7. The molecule has 0 atom stereocenters. The number of nitrogens with zero attached hydrogens (tertiary/aromatic N) is 2. The third-order valence-corrected chi connectivity index (χ3v) is 6.96. The first-order chi connectivity index (χ1) is 15.3. The fourth-order valence-electron chi connectivity index (χ4n) is 3.18. The van der Waals surface area contributed by atoms with Gasteiger partial charge >= 0.3 is 0 Å². The largest absolute Gasteiger partial charge is 0.495 e. The van der Waals surface area contributed by atoms with Gasteiger partial charge in [0, 0.05) is 12.7 Å². The smallest absolute Gasteiger partial charge is 0.264 e. The van der Waals surface area contributed by atoms with Gasteiger partial charge in [0.15, 0.2) is 0 Å². The highest BCUT2D eigenvalue weighted by Gasteiger charge is 2.28. The van der Waals surface area contributed by atoms with Gasteiger partial charge in [-0.3, -0.25) is 9.10 Å². The van der Waals surface area contributed by atoms with E-state index in [9.17, 15) is 13.2 Å². The van der Waals surface area contributed by atoms with Crippen molar-refractivity contribution >= 4 is 38.9 Å². The zero-order valence-electron chi connectivity index (χ0n) is 17.7. The van der Waals surface area contributed by atoms with Crippen LogP contribution in [0.5, 0.6) is 5.75 Å². The first kappa shape index (κ1) is 23.4. The number of amides is 1. The minimum absolute atomic E-state index is 0.0124. The fraction of sp³-hybridized carbons (Fsp3) is 0.125. The minimum Gasteiger partial charge on any atom is -0.495 e. The molecule has 0 aromatic heterocycles. The van der Waals surface area contributed by atoms with Gasteiger partial charge in [0.2, 0.25) is 0 Å². The van der Waals surface area contributed by atoms with E-state index in [1.54, 1.807) is 43.4 Å². The summed E-state index contributed by atoms with van der Waals surface area (Å²) in [7, 11) is -0.986. The maximum Gasteiger partial charge on any atom is 0.264 e. The summed E-state index contributed by atoms with van der Waals surface area (Å²) in [6.07, 6.45) is 1.48. The van der Waals surface area contributed by atoms with Crippen LogP contribution < -0.4 is 13.9 Å². The molecule has 0 heterocycles. The Kier molecular flexibility index (Phi) is 7.22. The fourth-order valence-corrected chi connectivity index (χ4v) is 4.86. The summed E-state index contributed by atoms with van der Waals surface area (Å²) in [6.45, 7) is 3.69. The Hall–Kier alpha value is -3.29. The summed E-state index contributed by atoms with van der Waals surface area (Å²) in [4.78, 5) is 14.5. The molecule has 1 amide bonds. The standard InChI is InChI=1S/C24H23ClN2O4S/c1-4-16-27(22-12-8-9-13-23(22)31-3)32(29,30)19-14-15-21(25)20(17-19)24(28)26(2)18-10-6-5-7-11-18/h4-15,17H,1,16H2,2-3H3. The highest BCUT2D eigenvalue weighted by atomic mass is 35.5. The zero-order chi connectivity index (χ0) is 23.3. The minimum atomic E-state index is -4.06. The summed E-state index contributed by atoms with van der Waals surface area (Å²) in [5.74, 6) is -0.0298. The van der Waals surface area contributed by atoms with Crippen LogP contribution in [0.15, 0.2) is 90.3 Å². The van der Waals surface area contributed by atoms with Crippen LogP contribution in [0.4, 0.5) is 11.4 Å². The number of sulfonamides is 1. The third kappa shape index (κ3) is 4.64. The lowest BCUT2D eigenvalue weighted by atomic mass is 10.2. The van der Waals surface area contributed by atoms with E-state index in [-0.39, 0.29) is 22.0 Å². The third-order valence-electron chi connectivity index (χ3n) is 4.85. The maximum absolute atomic E-state index is 13.6. The average molecular weight is 471 g/mol. The van der Waals surface area contributed by atoms with Crippen molar-refractivity contribution in [3.05, 3.63) is 96.0 Å². The van der Waals surface area contributed by atoms with Gasteiger partial charge in [-0.05, 0) is 42.5 Å². The van der Waals surface area contributed by atoms with Crippen molar-refractivity contribution in [1.82, 2.24) is 0 Å². The van der Waals surface area contributed by atoms with Crippen LogP contribution in [0.25, 0.3) is 0 Å². The van der Waals surface area contributed by atoms with Gasteiger partial charge in [0.1, 0.15) is 5.75 Å².